The summed E-state index contributed by atoms with van der Waals surface area (Å²) >= 11 is 0. The third-order valence-corrected chi connectivity index (χ3v) is 7.26. The second-order valence-corrected chi connectivity index (χ2v) is 9.47. The lowest BCUT2D eigenvalue weighted by Crippen LogP contribution is -2.14. The van der Waals surface area contributed by atoms with Crippen molar-refractivity contribution in [2.75, 3.05) is 17.7 Å². The summed E-state index contributed by atoms with van der Waals surface area (Å²) in [5.41, 5.74) is 15.3. The van der Waals surface area contributed by atoms with E-state index in [1.54, 1.807) is 19.3 Å². The quantitative estimate of drug-likeness (QED) is 0.293. The fourth-order valence-corrected chi connectivity index (χ4v) is 5.28. The summed E-state index contributed by atoms with van der Waals surface area (Å²) in [4.78, 5) is 20.1. The Hall–Kier alpha value is -3.67. The van der Waals surface area contributed by atoms with Crippen molar-refractivity contribution < 1.29 is 9.53 Å². The van der Waals surface area contributed by atoms with Crippen LogP contribution in [-0.4, -0.2) is 22.7 Å². The lowest BCUT2D eigenvalue weighted by molar-refractivity contribution is 0.168. The van der Waals surface area contributed by atoms with E-state index in [0.717, 1.165) is 35.4 Å². The van der Waals surface area contributed by atoms with Crippen molar-refractivity contribution in [3.05, 3.63) is 69.5 Å². The van der Waals surface area contributed by atoms with Crippen molar-refractivity contribution in [3.8, 4) is 0 Å². The van der Waals surface area contributed by atoms with Gasteiger partial charge in [-0.2, -0.15) is 0 Å². The van der Waals surface area contributed by atoms with Crippen molar-refractivity contribution in [2.24, 2.45) is 0 Å². The second kappa shape index (κ2) is 12.0. The Morgan fingerprint density at radius 3 is 2.16 bits per heavy atom. The number of nitrogens with two attached hydrogens (primary N) is 1. The Kier molecular flexibility index (Phi) is 9.09. The van der Waals surface area contributed by atoms with E-state index < -0.39 is 6.09 Å². The predicted octanol–water partition coefficient (Wildman–Crippen LogP) is 7.68. The molecule has 37 heavy (non-hydrogen) atoms. The van der Waals surface area contributed by atoms with E-state index in [9.17, 15) is 4.79 Å². The zero-order valence-electron chi connectivity index (χ0n) is 23.5. The summed E-state index contributed by atoms with van der Waals surface area (Å²) < 4.78 is 4.93. The summed E-state index contributed by atoms with van der Waals surface area (Å²) in [7, 11) is 0. The van der Waals surface area contributed by atoms with Crippen molar-refractivity contribution in [2.45, 2.75) is 74.7 Å². The summed E-state index contributed by atoms with van der Waals surface area (Å²) in [5.74, 6) is 1.20. The number of fused-ring (bicyclic) bond motifs is 2. The molecule has 4 rings (SSSR count). The van der Waals surface area contributed by atoms with Gasteiger partial charge in [0.1, 0.15) is 11.6 Å². The van der Waals surface area contributed by atoms with Crippen LogP contribution in [0.5, 0.6) is 0 Å². The second-order valence-electron chi connectivity index (χ2n) is 9.47. The minimum absolute atomic E-state index is 0.343. The Balaban J connectivity index is 0.000000213. The van der Waals surface area contributed by atoms with Crippen molar-refractivity contribution in [1.82, 2.24) is 9.97 Å². The molecule has 0 unspecified atom stereocenters. The van der Waals surface area contributed by atoms with Crippen molar-refractivity contribution >= 4 is 39.3 Å². The van der Waals surface area contributed by atoms with E-state index in [0.29, 0.717) is 18.2 Å². The number of ether oxygens (including phenoxy) is 1. The van der Waals surface area contributed by atoms with Crippen LogP contribution in [0.3, 0.4) is 0 Å². The number of anilines is 2. The average molecular weight is 501 g/mol. The number of carbonyl (C=O) groups is 1. The van der Waals surface area contributed by atoms with Gasteiger partial charge in [0.05, 0.1) is 6.61 Å². The largest absolute Gasteiger partial charge is 0.450 e. The fraction of sp³-hybridized carbons (Fsp3) is 0.387. The van der Waals surface area contributed by atoms with E-state index in [1.165, 1.54) is 44.3 Å². The van der Waals surface area contributed by atoms with E-state index in [4.69, 9.17) is 10.5 Å². The number of amides is 1. The molecule has 196 valence electrons. The smallest absolute Gasteiger partial charge is 0.412 e. The summed E-state index contributed by atoms with van der Waals surface area (Å²) in [6, 6.07) is 6.16. The number of benzene rings is 2. The fourth-order valence-electron chi connectivity index (χ4n) is 5.28. The van der Waals surface area contributed by atoms with Gasteiger partial charge < -0.3 is 10.5 Å². The minimum Gasteiger partial charge on any atom is -0.450 e. The van der Waals surface area contributed by atoms with Crippen LogP contribution in [-0.2, 0) is 17.6 Å². The number of rotatable bonds is 5. The van der Waals surface area contributed by atoms with Gasteiger partial charge in [0.15, 0.2) is 0 Å². The average Bonchev–Trinajstić information content (AvgIpc) is 2.86. The first kappa shape index (κ1) is 27.9. The zero-order valence-corrected chi connectivity index (χ0v) is 23.5. The molecule has 0 spiro atoms. The van der Waals surface area contributed by atoms with Gasteiger partial charge in [-0.1, -0.05) is 20.3 Å². The Labute approximate surface area is 220 Å². The topological polar surface area (TPSA) is 90.1 Å². The molecule has 6 nitrogen and oxygen atoms in total. The Bertz CT molecular complexity index is 1440. The van der Waals surface area contributed by atoms with E-state index in [2.05, 4.69) is 75.9 Å². The monoisotopic (exact) mass is 500 g/mol. The lowest BCUT2D eigenvalue weighted by Gasteiger charge is -2.16. The summed E-state index contributed by atoms with van der Waals surface area (Å²) in [5, 5.41) is 7.17. The van der Waals surface area contributed by atoms with Crippen LogP contribution >= 0.6 is 0 Å². The van der Waals surface area contributed by atoms with E-state index in [-0.39, 0.29) is 0 Å². The van der Waals surface area contributed by atoms with Crippen LogP contribution in [0.25, 0.3) is 21.5 Å². The summed E-state index contributed by atoms with van der Waals surface area (Å²) in [6.45, 7) is 17.2. The predicted molar refractivity (Wildman–Crippen MR) is 156 cm³/mol. The van der Waals surface area contributed by atoms with Gasteiger partial charge in [0.2, 0.25) is 0 Å². The molecule has 0 fully saturated rings. The highest BCUT2D eigenvalue weighted by Gasteiger charge is 2.14. The summed E-state index contributed by atoms with van der Waals surface area (Å²) in [6.07, 6.45) is 6.30. The maximum Gasteiger partial charge on any atom is 0.412 e. The van der Waals surface area contributed by atoms with Crippen LogP contribution in [0.4, 0.5) is 16.4 Å². The Morgan fingerprint density at radius 1 is 0.865 bits per heavy atom. The van der Waals surface area contributed by atoms with Gasteiger partial charge in [-0.05, 0) is 122 Å². The number of hydrogen-bond donors (Lipinski definition) is 2. The first-order valence-corrected chi connectivity index (χ1v) is 13.1. The first-order chi connectivity index (χ1) is 17.7. The van der Waals surface area contributed by atoms with Gasteiger partial charge in [-0.25, -0.2) is 14.8 Å². The number of carbonyl (C=O) groups excluding carboxylic acids is 1. The van der Waals surface area contributed by atoms with Crippen LogP contribution in [0.2, 0.25) is 0 Å². The van der Waals surface area contributed by atoms with Gasteiger partial charge in [-0.15, -0.1) is 0 Å². The molecule has 4 aromatic rings. The highest BCUT2D eigenvalue weighted by molar-refractivity contribution is 6.00. The molecular weight excluding hydrogens is 460 g/mol. The number of aromatic nitrogens is 2. The minimum atomic E-state index is -0.467. The molecule has 0 aliphatic rings. The van der Waals surface area contributed by atoms with Crippen LogP contribution < -0.4 is 11.1 Å². The maximum absolute atomic E-state index is 11.6. The molecule has 0 bridgehead atoms. The van der Waals surface area contributed by atoms with Crippen molar-refractivity contribution in [1.29, 1.82) is 0 Å². The SMILES string of the molecule is CCCc1c(C)cc2c(NC(=O)OCC)nccc2c1C.CCc1c(C)c(C)c2c(N)nccc2c1C. The molecule has 0 radical (unpaired) electrons. The molecule has 0 saturated carbocycles. The molecule has 6 heteroatoms. The van der Waals surface area contributed by atoms with Crippen molar-refractivity contribution in [3.63, 3.8) is 0 Å². The first-order valence-electron chi connectivity index (χ1n) is 13.1. The highest BCUT2D eigenvalue weighted by Crippen LogP contribution is 2.32. The maximum atomic E-state index is 11.6. The van der Waals surface area contributed by atoms with Crippen LogP contribution in [0, 0.1) is 34.6 Å². The molecule has 2 heterocycles. The molecule has 2 aromatic carbocycles. The van der Waals surface area contributed by atoms with Gasteiger partial charge in [0.25, 0.3) is 0 Å². The molecule has 0 atom stereocenters. The molecule has 1 amide bonds. The third kappa shape index (κ3) is 5.68. The molecular formula is C31H40N4O2. The number of nitrogen functional groups attached to an aromatic ring is 1. The standard InChI is InChI=1S/C17H22N2O2.C14H18N2/c1-5-7-13-11(3)10-15-14(12(13)4)8-9-18-16(15)19-17(20)21-6-2;1-5-11-8(2)9(3)13-12(10(11)4)6-7-16-14(13)15/h8-10H,5-7H2,1-4H3,(H,18,19,20);6-7H,5H2,1-4H3,(H2,15,16). The molecule has 2 aromatic heterocycles. The molecule has 0 aliphatic carbocycles. The van der Waals surface area contributed by atoms with Gasteiger partial charge in [-0.3, -0.25) is 5.32 Å². The van der Waals surface area contributed by atoms with E-state index >= 15 is 0 Å². The van der Waals surface area contributed by atoms with Gasteiger partial charge in [0, 0.05) is 23.2 Å². The Morgan fingerprint density at radius 2 is 1.51 bits per heavy atom. The van der Waals surface area contributed by atoms with E-state index in [1.807, 2.05) is 6.07 Å². The van der Waals surface area contributed by atoms with Crippen LogP contribution in [0.1, 0.15) is 66.1 Å². The number of nitrogens with one attached hydrogen (secondary N) is 1. The molecule has 0 saturated heterocycles. The number of hydrogen-bond acceptors (Lipinski definition) is 5. The lowest BCUT2D eigenvalue weighted by atomic mass is 9.90. The van der Waals surface area contributed by atoms with Crippen LogP contribution in [0.15, 0.2) is 30.6 Å². The van der Waals surface area contributed by atoms with Gasteiger partial charge >= 0.3 is 6.09 Å². The molecule has 0 aliphatic heterocycles. The molecule has 3 N–H and O–H groups in total. The number of aryl methyl sites for hydroxylation is 4. The zero-order chi connectivity index (χ0) is 27.3. The normalized spacial score (nSPS) is 10.8. The highest BCUT2D eigenvalue weighted by atomic mass is 16.5. The number of nitrogens with zero attached hydrogens (tertiary/aromatic N) is 2. The third-order valence-electron chi connectivity index (χ3n) is 7.26. The number of pyridine rings is 2.